The molecule has 0 bridgehead atoms. The minimum absolute atomic E-state index is 0.0319. The molecule has 0 spiro atoms. The summed E-state index contributed by atoms with van der Waals surface area (Å²) in [5.41, 5.74) is 6.05. The fourth-order valence-corrected chi connectivity index (χ4v) is 3.28. The van der Waals surface area contributed by atoms with Crippen molar-refractivity contribution in [2.75, 3.05) is 0 Å². The Morgan fingerprint density at radius 2 is 1.86 bits per heavy atom. The molecule has 4 heteroatoms. The third-order valence-electron chi connectivity index (χ3n) is 4.48. The number of rotatable bonds is 7. The number of unbranched alkanes of at least 4 members (excludes halogenated alkanes) is 2. The summed E-state index contributed by atoms with van der Waals surface area (Å²) >= 11 is 0. The highest BCUT2D eigenvalue weighted by Crippen LogP contribution is 2.28. The fourth-order valence-electron chi connectivity index (χ4n) is 3.28. The zero-order valence-corrected chi connectivity index (χ0v) is 15.0. The predicted molar refractivity (Wildman–Crippen MR) is 91.9 cm³/mol. The topological polar surface area (TPSA) is 64.3 Å². The number of hydrogen-bond acceptors (Lipinski definition) is 3. The van der Waals surface area contributed by atoms with E-state index in [1.54, 1.807) is 0 Å². The van der Waals surface area contributed by atoms with E-state index < -0.39 is 5.60 Å². The van der Waals surface area contributed by atoms with Gasteiger partial charge in [-0.2, -0.15) is 0 Å². The van der Waals surface area contributed by atoms with Gasteiger partial charge in [0, 0.05) is 12.1 Å². The maximum atomic E-state index is 12.1. The Hall–Kier alpha value is -0.770. The van der Waals surface area contributed by atoms with Crippen molar-refractivity contribution in [1.29, 1.82) is 0 Å². The average molecular weight is 312 g/mol. The van der Waals surface area contributed by atoms with Gasteiger partial charge in [0.25, 0.3) is 0 Å². The Labute approximate surface area is 136 Å². The summed E-state index contributed by atoms with van der Waals surface area (Å²) < 4.78 is 5.41. The van der Waals surface area contributed by atoms with Crippen molar-refractivity contribution in [3.8, 4) is 0 Å². The van der Waals surface area contributed by atoms with E-state index in [9.17, 15) is 4.79 Å². The first-order valence-electron chi connectivity index (χ1n) is 9.08. The van der Waals surface area contributed by atoms with Crippen LogP contribution in [0.2, 0.25) is 0 Å². The lowest BCUT2D eigenvalue weighted by atomic mass is 9.80. The molecule has 2 atom stereocenters. The van der Waals surface area contributed by atoms with Crippen LogP contribution in [-0.2, 0) is 4.74 Å². The summed E-state index contributed by atoms with van der Waals surface area (Å²) in [6.45, 7) is 7.86. The molecule has 0 radical (unpaired) electrons. The molecule has 1 amide bonds. The molecule has 0 aliphatic heterocycles. The van der Waals surface area contributed by atoms with Crippen LogP contribution in [0.5, 0.6) is 0 Å². The Bertz CT molecular complexity index is 320. The van der Waals surface area contributed by atoms with E-state index in [1.807, 2.05) is 20.8 Å². The molecule has 130 valence electrons. The first-order valence-corrected chi connectivity index (χ1v) is 9.08. The average Bonchev–Trinajstić information content (AvgIpc) is 2.44. The van der Waals surface area contributed by atoms with E-state index in [2.05, 4.69) is 12.2 Å². The van der Waals surface area contributed by atoms with Crippen LogP contribution in [-0.4, -0.2) is 23.8 Å². The molecule has 0 aromatic rings. The second kappa shape index (κ2) is 9.39. The molecular formula is C18H36N2O2. The number of nitrogens with one attached hydrogen (secondary N) is 1. The van der Waals surface area contributed by atoms with Crippen LogP contribution in [0.1, 0.15) is 85.5 Å². The van der Waals surface area contributed by atoms with Crippen LogP contribution >= 0.6 is 0 Å². The number of hydrogen-bond donors (Lipinski definition) is 2. The zero-order valence-electron chi connectivity index (χ0n) is 15.0. The van der Waals surface area contributed by atoms with Gasteiger partial charge in [0.05, 0.1) is 0 Å². The smallest absolute Gasteiger partial charge is 0.407 e. The highest BCUT2D eigenvalue weighted by atomic mass is 16.6. The normalized spacial score (nSPS) is 19.5. The van der Waals surface area contributed by atoms with Crippen molar-refractivity contribution in [2.24, 2.45) is 11.7 Å². The Kier molecular flexibility index (Phi) is 8.23. The van der Waals surface area contributed by atoms with Gasteiger partial charge < -0.3 is 15.8 Å². The number of alkyl carbamates (subject to hydrolysis) is 1. The van der Waals surface area contributed by atoms with Gasteiger partial charge >= 0.3 is 6.09 Å². The first-order chi connectivity index (χ1) is 10.3. The van der Waals surface area contributed by atoms with Crippen LogP contribution in [0.25, 0.3) is 0 Å². The predicted octanol–water partition coefficient (Wildman–Crippen LogP) is 4.37. The molecular weight excluding hydrogens is 276 g/mol. The first kappa shape index (κ1) is 19.3. The van der Waals surface area contributed by atoms with Gasteiger partial charge in [0.1, 0.15) is 5.60 Å². The highest BCUT2D eigenvalue weighted by Gasteiger charge is 2.29. The highest BCUT2D eigenvalue weighted by molar-refractivity contribution is 5.68. The molecule has 4 nitrogen and oxygen atoms in total. The zero-order chi connectivity index (χ0) is 16.6. The van der Waals surface area contributed by atoms with E-state index in [-0.39, 0.29) is 18.2 Å². The number of carbonyl (C=O) groups is 1. The minimum atomic E-state index is -0.465. The van der Waals surface area contributed by atoms with Crippen molar-refractivity contribution in [3.05, 3.63) is 0 Å². The lowest BCUT2D eigenvalue weighted by Crippen LogP contribution is -2.52. The molecule has 0 aromatic carbocycles. The maximum Gasteiger partial charge on any atom is 0.407 e. The summed E-state index contributed by atoms with van der Waals surface area (Å²) in [7, 11) is 0. The molecule has 3 N–H and O–H groups in total. The Morgan fingerprint density at radius 3 is 2.41 bits per heavy atom. The molecule has 0 saturated heterocycles. The monoisotopic (exact) mass is 312 g/mol. The van der Waals surface area contributed by atoms with E-state index in [0.29, 0.717) is 5.92 Å². The van der Waals surface area contributed by atoms with Gasteiger partial charge in [0.15, 0.2) is 0 Å². The van der Waals surface area contributed by atoms with Gasteiger partial charge in [-0.05, 0) is 46.0 Å². The van der Waals surface area contributed by atoms with Gasteiger partial charge in [-0.25, -0.2) is 4.79 Å². The Balaban J connectivity index is 2.59. The van der Waals surface area contributed by atoms with Crippen molar-refractivity contribution in [3.63, 3.8) is 0 Å². The summed E-state index contributed by atoms with van der Waals surface area (Å²) in [6.07, 6.45) is 10.3. The van der Waals surface area contributed by atoms with Crippen LogP contribution in [0.3, 0.4) is 0 Å². The van der Waals surface area contributed by atoms with Crippen LogP contribution in [0.15, 0.2) is 0 Å². The van der Waals surface area contributed by atoms with Crippen LogP contribution in [0.4, 0.5) is 4.79 Å². The van der Waals surface area contributed by atoms with Gasteiger partial charge in [-0.15, -0.1) is 0 Å². The fraction of sp³-hybridized carbons (Fsp3) is 0.944. The second-order valence-electron chi connectivity index (χ2n) is 7.72. The molecule has 1 unspecified atom stereocenters. The number of nitrogens with two attached hydrogens (primary N) is 1. The largest absolute Gasteiger partial charge is 0.444 e. The summed E-state index contributed by atoms with van der Waals surface area (Å²) in [4.78, 5) is 12.1. The van der Waals surface area contributed by atoms with E-state index >= 15 is 0 Å². The van der Waals surface area contributed by atoms with Crippen molar-refractivity contribution in [1.82, 2.24) is 5.32 Å². The molecule has 1 aliphatic carbocycles. The summed E-state index contributed by atoms with van der Waals surface area (Å²) in [6, 6.07) is 0.0779. The quantitative estimate of drug-likeness (QED) is 0.686. The third kappa shape index (κ3) is 7.48. The number of carbonyl (C=O) groups excluding carboxylic acids is 1. The molecule has 22 heavy (non-hydrogen) atoms. The molecule has 0 aromatic heterocycles. The van der Waals surface area contributed by atoms with Crippen molar-refractivity contribution < 1.29 is 9.53 Å². The van der Waals surface area contributed by atoms with Crippen LogP contribution < -0.4 is 11.1 Å². The molecule has 1 saturated carbocycles. The SMILES string of the molecule is CCCCC[C@H](NC(=O)OC(C)(C)C)C(N)C1CCCCC1. The van der Waals surface area contributed by atoms with Crippen LogP contribution in [0, 0.1) is 5.92 Å². The summed E-state index contributed by atoms with van der Waals surface area (Å²) in [5, 5.41) is 3.04. The maximum absolute atomic E-state index is 12.1. The number of amides is 1. The summed E-state index contributed by atoms with van der Waals surface area (Å²) in [5.74, 6) is 0.537. The van der Waals surface area contributed by atoms with Gasteiger partial charge in [0.2, 0.25) is 0 Å². The van der Waals surface area contributed by atoms with E-state index in [0.717, 1.165) is 12.8 Å². The molecule has 1 rings (SSSR count). The van der Waals surface area contributed by atoms with Crippen molar-refractivity contribution in [2.45, 2.75) is 103 Å². The minimum Gasteiger partial charge on any atom is -0.444 e. The van der Waals surface area contributed by atoms with Crippen molar-refractivity contribution >= 4 is 6.09 Å². The van der Waals surface area contributed by atoms with Gasteiger partial charge in [-0.1, -0.05) is 45.4 Å². The third-order valence-corrected chi connectivity index (χ3v) is 4.48. The molecule has 0 heterocycles. The van der Waals surface area contributed by atoms with E-state index in [4.69, 9.17) is 10.5 Å². The molecule has 1 fully saturated rings. The second-order valence-corrected chi connectivity index (χ2v) is 7.72. The lowest BCUT2D eigenvalue weighted by Gasteiger charge is -2.34. The molecule has 1 aliphatic rings. The Morgan fingerprint density at radius 1 is 1.23 bits per heavy atom. The lowest BCUT2D eigenvalue weighted by molar-refractivity contribution is 0.0482. The van der Waals surface area contributed by atoms with Gasteiger partial charge in [-0.3, -0.25) is 0 Å². The van der Waals surface area contributed by atoms with E-state index in [1.165, 1.54) is 44.9 Å². The number of ether oxygens (including phenoxy) is 1. The standard InChI is InChI=1S/C18H36N2O2/c1-5-6-8-13-15(20-17(21)22-18(2,3)4)16(19)14-11-9-7-10-12-14/h14-16H,5-13,19H2,1-4H3,(H,20,21)/t15-,16?/m0/s1.